The van der Waals surface area contributed by atoms with E-state index in [2.05, 4.69) is 9.71 Å². The van der Waals surface area contributed by atoms with Crippen molar-refractivity contribution < 1.29 is 13.5 Å². The van der Waals surface area contributed by atoms with E-state index in [0.717, 1.165) is 17.0 Å². The molecule has 0 bridgehead atoms. The van der Waals surface area contributed by atoms with E-state index in [9.17, 15) is 13.5 Å². The smallest absolute Gasteiger partial charge is 0.267 e. The van der Waals surface area contributed by atoms with Gasteiger partial charge in [0, 0.05) is 4.88 Å². The summed E-state index contributed by atoms with van der Waals surface area (Å²) in [7, 11) is -3.81. The van der Waals surface area contributed by atoms with Crippen LogP contribution in [-0.4, -0.2) is 18.5 Å². The fourth-order valence-electron chi connectivity index (χ4n) is 1.65. The Morgan fingerprint density at radius 2 is 2.05 bits per heavy atom. The fraction of sp³-hybridized carbons (Fsp3) is 0.250. The van der Waals surface area contributed by atoms with Gasteiger partial charge in [0.2, 0.25) is 0 Å². The Labute approximate surface area is 116 Å². The fourth-order valence-corrected chi connectivity index (χ4v) is 3.89. The van der Waals surface area contributed by atoms with Crippen molar-refractivity contribution in [1.82, 2.24) is 4.98 Å². The second kappa shape index (κ2) is 5.18. The molecular formula is C12H14N2O3S2. The molecule has 7 heteroatoms. The number of sulfonamides is 1. The van der Waals surface area contributed by atoms with Crippen LogP contribution in [0, 0.1) is 6.92 Å². The van der Waals surface area contributed by atoms with Crippen molar-refractivity contribution in [3.63, 3.8) is 0 Å². The van der Waals surface area contributed by atoms with Crippen LogP contribution in [0.25, 0.3) is 0 Å². The lowest BCUT2D eigenvalue weighted by molar-refractivity contribution is 0.459. The van der Waals surface area contributed by atoms with Gasteiger partial charge in [0.15, 0.2) is 5.13 Å². The van der Waals surface area contributed by atoms with Crippen LogP contribution in [0.3, 0.4) is 0 Å². The number of phenolic OH excluding ortho intramolecular Hbond substituents is 1. The maximum absolute atomic E-state index is 12.1. The Kier molecular flexibility index (Phi) is 3.77. The minimum atomic E-state index is -3.81. The van der Waals surface area contributed by atoms with Crippen LogP contribution in [0.4, 0.5) is 5.13 Å². The minimum Gasteiger partial charge on any atom is -0.507 e. The summed E-state index contributed by atoms with van der Waals surface area (Å²) in [5, 5.41) is 9.91. The molecule has 2 N–H and O–H groups in total. The lowest BCUT2D eigenvalue weighted by Gasteiger charge is -2.06. The summed E-state index contributed by atoms with van der Waals surface area (Å²) < 4.78 is 26.6. The van der Waals surface area contributed by atoms with Crippen molar-refractivity contribution in [3.8, 4) is 5.75 Å². The average Bonchev–Trinajstić information content (AvgIpc) is 2.68. The van der Waals surface area contributed by atoms with Gasteiger partial charge in [0.05, 0.1) is 5.69 Å². The molecule has 19 heavy (non-hydrogen) atoms. The van der Waals surface area contributed by atoms with E-state index in [1.807, 2.05) is 13.8 Å². The van der Waals surface area contributed by atoms with Gasteiger partial charge in [0.1, 0.15) is 10.6 Å². The molecule has 0 saturated heterocycles. The number of nitrogens with zero attached hydrogens (tertiary/aromatic N) is 1. The van der Waals surface area contributed by atoms with Crippen LogP contribution >= 0.6 is 11.3 Å². The number of thiazole rings is 1. The van der Waals surface area contributed by atoms with E-state index in [-0.39, 0.29) is 10.6 Å². The number of para-hydroxylation sites is 1. The predicted molar refractivity (Wildman–Crippen MR) is 75.1 cm³/mol. The highest BCUT2D eigenvalue weighted by Gasteiger charge is 2.20. The number of aryl methyl sites for hydroxylation is 2. The molecule has 0 saturated carbocycles. The van der Waals surface area contributed by atoms with Crippen LogP contribution in [0.1, 0.15) is 17.5 Å². The second-order valence-electron chi connectivity index (χ2n) is 3.95. The Balaban J connectivity index is 2.34. The van der Waals surface area contributed by atoms with Crippen LogP contribution < -0.4 is 4.72 Å². The monoisotopic (exact) mass is 298 g/mol. The van der Waals surface area contributed by atoms with Gasteiger partial charge in [-0.2, -0.15) is 0 Å². The summed E-state index contributed by atoms with van der Waals surface area (Å²) in [5.74, 6) is -0.279. The van der Waals surface area contributed by atoms with E-state index in [4.69, 9.17) is 0 Å². The lowest BCUT2D eigenvalue weighted by Crippen LogP contribution is -2.12. The Bertz CT molecular complexity index is 693. The molecule has 102 valence electrons. The van der Waals surface area contributed by atoms with Crippen molar-refractivity contribution in [2.45, 2.75) is 25.2 Å². The Morgan fingerprint density at radius 1 is 1.37 bits per heavy atom. The first-order valence-electron chi connectivity index (χ1n) is 5.71. The number of benzene rings is 1. The number of aromatic hydroxyl groups is 1. The largest absolute Gasteiger partial charge is 0.507 e. The molecule has 0 aliphatic heterocycles. The first-order valence-corrected chi connectivity index (χ1v) is 8.01. The number of aromatic nitrogens is 1. The third-order valence-electron chi connectivity index (χ3n) is 2.60. The zero-order chi connectivity index (χ0) is 14.0. The number of hydrogen-bond acceptors (Lipinski definition) is 5. The van der Waals surface area contributed by atoms with Gasteiger partial charge in [-0.3, -0.25) is 4.72 Å². The summed E-state index contributed by atoms with van der Waals surface area (Å²) in [4.78, 5) is 5.05. The zero-order valence-electron chi connectivity index (χ0n) is 10.5. The van der Waals surface area contributed by atoms with Crippen LogP contribution in [0.2, 0.25) is 0 Å². The molecule has 2 rings (SSSR count). The van der Waals surface area contributed by atoms with Crippen molar-refractivity contribution in [2.24, 2.45) is 0 Å². The molecule has 0 amide bonds. The first kappa shape index (κ1) is 13.8. The third kappa shape index (κ3) is 2.87. The molecule has 1 aromatic carbocycles. The predicted octanol–water partition coefficient (Wildman–Crippen LogP) is 2.52. The van der Waals surface area contributed by atoms with Crippen molar-refractivity contribution in [2.75, 3.05) is 4.72 Å². The van der Waals surface area contributed by atoms with Gasteiger partial charge in [0.25, 0.3) is 10.0 Å². The van der Waals surface area contributed by atoms with E-state index >= 15 is 0 Å². The maximum Gasteiger partial charge on any atom is 0.267 e. The highest BCUT2D eigenvalue weighted by Crippen LogP contribution is 2.27. The number of hydrogen-bond donors (Lipinski definition) is 2. The maximum atomic E-state index is 12.1. The van der Waals surface area contributed by atoms with Gasteiger partial charge in [-0.25, -0.2) is 13.4 Å². The average molecular weight is 298 g/mol. The lowest BCUT2D eigenvalue weighted by atomic mass is 10.3. The first-order chi connectivity index (χ1) is 8.94. The van der Waals surface area contributed by atoms with E-state index in [1.54, 1.807) is 12.1 Å². The molecular weight excluding hydrogens is 284 g/mol. The van der Waals surface area contributed by atoms with E-state index in [0.29, 0.717) is 5.13 Å². The Hall–Kier alpha value is -1.60. The highest BCUT2D eigenvalue weighted by molar-refractivity contribution is 7.93. The molecule has 0 aliphatic carbocycles. The van der Waals surface area contributed by atoms with Crippen molar-refractivity contribution in [1.29, 1.82) is 0 Å². The molecule has 0 aliphatic rings. The summed E-state index contributed by atoms with van der Waals surface area (Å²) in [6.07, 6.45) is 0.751. The standard InChI is InChI=1S/C12H14N2O3S2/c1-3-9-8(2)18-12(13-9)14-19(16,17)11-7-5-4-6-10(11)15/h4-7,15H,3H2,1-2H3,(H,13,14). The van der Waals surface area contributed by atoms with Crippen LogP contribution in [0.15, 0.2) is 29.2 Å². The van der Waals surface area contributed by atoms with Gasteiger partial charge in [-0.05, 0) is 25.5 Å². The van der Waals surface area contributed by atoms with Crippen LogP contribution in [-0.2, 0) is 16.4 Å². The molecule has 0 atom stereocenters. The Morgan fingerprint density at radius 3 is 2.63 bits per heavy atom. The van der Waals surface area contributed by atoms with Crippen LogP contribution in [0.5, 0.6) is 5.75 Å². The molecule has 1 heterocycles. The normalized spacial score (nSPS) is 11.5. The van der Waals surface area contributed by atoms with E-state index in [1.165, 1.54) is 23.5 Å². The summed E-state index contributed by atoms with van der Waals surface area (Å²) in [5.41, 5.74) is 0.875. The van der Waals surface area contributed by atoms with E-state index < -0.39 is 10.0 Å². The molecule has 0 unspecified atom stereocenters. The third-order valence-corrected chi connectivity index (χ3v) is 5.05. The molecule has 1 aromatic heterocycles. The second-order valence-corrected chi connectivity index (χ2v) is 6.80. The number of rotatable bonds is 4. The molecule has 0 radical (unpaired) electrons. The van der Waals surface area contributed by atoms with Gasteiger partial charge in [-0.15, -0.1) is 11.3 Å². The minimum absolute atomic E-state index is 0.152. The summed E-state index contributed by atoms with van der Waals surface area (Å²) in [6.45, 7) is 3.86. The quantitative estimate of drug-likeness (QED) is 0.909. The van der Waals surface area contributed by atoms with Gasteiger partial charge in [-0.1, -0.05) is 19.1 Å². The summed E-state index contributed by atoms with van der Waals surface area (Å²) in [6, 6.07) is 5.80. The number of phenols is 1. The molecule has 0 spiro atoms. The van der Waals surface area contributed by atoms with Gasteiger partial charge < -0.3 is 5.11 Å². The van der Waals surface area contributed by atoms with Crippen molar-refractivity contribution >= 4 is 26.5 Å². The SMILES string of the molecule is CCc1nc(NS(=O)(=O)c2ccccc2O)sc1C. The van der Waals surface area contributed by atoms with Gasteiger partial charge >= 0.3 is 0 Å². The number of nitrogens with one attached hydrogen (secondary N) is 1. The topological polar surface area (TPSA) is 79.3 Å². The summed E-state index contributed by atoms with van der Waals surface area (Å²) >= 11 is 1.28. The number of anilines is 1. The highest BCUT2D eigenvalue weighted by atomic mass is 32.2. The molecule has 2 aromatic rings. The zero-order valence-corrected chi connectivity index (χ0v) is 12.2. The molecule has 0 fully saturated rings. The van der Waals surface area contributed by atoms with Crippen molar-refractivity contribution in [3.05, 3.63) is 34.8 Å². The molecule has 5 nitrogen and oxygen atoms in total.